The van der Waals surface area contributed by atoms with E-state index < -0.39 is 0 Å². The fourth-order valence-electron chi connectivity index (χ4n) is 1.90. The van der Waals surface area contributed by atoms with Crippen LogP contribution in [0.2, 0.25) is 5.02 Å². The number of anilines is 1. The number of carbonyl (C=O) groups excluding carboxylic acids is 1. The van der Waals surface area contributed by atoms with E-state index in [-0.39, 0.29) is 17.7 Å². The van der Waals surface area contributed by atoms with Gasteiger partial charge in [0.25, 0.3) is 5.91 Å². The second-order valence-corrected chi connectivity index (χ2v) is 5.00. The van der Waals surface area contributed by atoms with Gasteiger partial charge in [0.15, 0.2) is 0 Å². The molecule has 0 spiro atoms. The molecule has 0 aliphatic rings. The van der Waals surface area contributed by atoms with E-state index in [0.717, 1.165) is 5.56 Å². The molecule has 1 atom stereocenters. The van der Waals surface area contributed by atoms with E-state index in [2.05, 4.69) is 5.32 Å². The van der Waals surface area contributed by atoms with E-state index in [1.807, 2.05) is 13.0 Å². The number of phenolic OH excluding ortho intramolecular Hbond substituents is 1. The van der Waals surface area contributed by atoms with Crippen molar-refractivity contribution in [2.24, 2.45) is 0 Å². The molecule has 104 valence electrons. The summed E-state index contributed by atoms with van der Waals surface area (Å²) in [7, 11) is 0. The molecule has 0 fully saturated rings. The average Bonchev–Trinajstić information content (AvgIpc) is 2.37. The third-order valence-electron chi connectivity index (χ3n) is 2.90. The van der Waals surface area contributed by atoms with Gasteiger partial charge in [-0.2, -0.15) is 0 Å². The molecule has 0 aliphatic heterocycles. The van der Waals surface area contributed by atoms with Crippen molar-refractivity contribution in [1.29, 1.82) is 0 Å². The number of hydrogen-bond acceptors (Lipinski definition) is 3. The van der Waals surface area contributed by atoms with Crippen molar-refractivity contribution in [3.63, 3.8) is 0 Å². The van der Waals surface area contributed by atoms with Crippen molar-refractivity contribution in [2.75, 3.05) is 5.73 Å². The minimum Gasteiger partial charge on any atom is -0.508 e. The summed E-state index contributed by atoms with van der Waals surface area (Å²) in [5.41, 5.74) is 7.32. The lowest BCUT2D eigenvalue weighted by Crippen LogP contribution is -2.26. The SMILES string of the molecule is CC(NC(=O)c1cc(N)cc(Cl)c1)c1cccc(O)c1. The zero-order chi connectivity index (χ0) is 14.7. The van der Waals surface area contributed by atoms with Gasteiger partial charge in [0.2, 0.25) is 0 Å². The van der Waals surface area contributed by atoms with Crippen molar-refractivity contribution >= 4 is 23.2 Å². The minimum atomic E-state index is -0.268. The lowest BCUT2D eigenvalue weighted by atomic mass is 10.1. The van der Waals surface area contributed by atoms with Crippen LogP contribution in [0, 0.1) is 0 Å². The Labute approximate surface area is 122 Å². The Morgan fingerprint density at radius 2 is 2.05 bits per heavy atom. The predicted molar refractivity (Wildman–Crippen MR) is 79.9 cm³/mol. The summed E-state index contributed by atoms with van der Waals surface area (Å²) >= 11 is 5.88. The Morgan fingerprint density at radius 1 is 1.30 bits per heavy atom. The molecule has 2 aromatic carbocycles. The van der Waals surface area contributed by atoms with Gasteiger partial charge < -0.3 is 16.2 Å². The summed E-state index contributed by atoms with van der Waals surface area (Å²) in [6, 6.07) is 11.2. The molecular weight excluding hydrogens is 276 g/mol. The largest absolute Gasteiger partial charge is 0.508 e. The molecule has 0 radical (unpaired) electrons. The first kappa shape index (κ1) is 14.2. The van der Waals surface area contributed by atoms with Crippen molar-refractivity contribution in [3.8, 4) is 5.75 Å². The summed E-state index contributed by atoms with van der Waals surface area (Å²) in [6.45, 7) is 1.83. The maximum Gasteiger partial charge on any atom is 0.251 e. The van der Waals surface area contributed by atoms with Gasteiger partial charge in [-0.3, -0.25) is 4.79 Å². The van der Waals surface area contributed by atoms with Crippen LogP contribution in [-0.2, 0) is 0 Å². The average molecular weight is 291 g/mol. The van der Waals surface area contributed by atoms with E-state index in [4.69, 9.17) is 17.3 Å². The van der Waals surface area contributed by atoms with Gasteiger partial charge in [-0.1, -0.05) is 23.7 Å². The molecule has 5 heteroatoms. The summed E-state index contributed by atoms with van der Waals surface area (Å²) in [4.78, 5) is 12.1. The molecule has 1 amide bonds. The van der Waals surface area contributed by atoms with Crippen LogP contribution in [0.3, 0.4) is 0 Å². The fraction of sp³-hybridized carbons (Fsp3) is 0.133. The van der Waals surface area contributed by atoms with Crippen LogP contribution < -0.4 is 11.1 Å². The van der Waals surface area contributed by atoms with Crippen molar-refractivity contribution < 1.29 is 9.90 Å². The summed E-state index contributed by atoms with van der Waals surface area (Å²) < 4.78 is 0. The van der Waals surface area contributed by atoms with Gasteiger partial charge in [-0.25, -0.2) is 0 Å². The number of benzene rings is 2. The Hall–Kier alpha value is -2.20. The molecule has 2 rings (SSSR count). The van der Waals surface area contributed by atoms with E-state index in [1.165, 1.54) is 0 Å². The second kappa shape index (κ2) is 5.84. The highest BCUT2D eigenvalue weighted by Crippen LogP contribution is 2.20. The smallest absolute Gasteiger partial charge is 0.251 e. The minimum absolute atomic E-state index is 0.163. The van der Waals surface area contributed by atoms with Gasteiger partial charge >= 0.3 is 0 Å². The van der Waals surface area contributed by atoms with Crippen LogP contribution in [-0.4, -0.2) is 11.0 Å². The highest BCUT2D eigenvalue weighted by molar-refractivity contribution is 6.31. The van der Waals surface area contributed by atoms with Crippen LogP contribution in [0.25, 0.3) is 0 Å². The van der Waals surface area contributed by atoms with E-state index in [1.54, 1.807) is 36.4 Å². The predicted octanol–water partition coefficient (Wildman–Crippen LogP) is 3.12. The molecule has 4 nitrogen and oxygen atoms in total. The highest BCUT2D eigenvalue weighted by atomic mass is 35.5. The van der Waals surface area contributed by atoms with E-state index in [0.29, 0.717) is 16.3 Å². The fourth-order valence-corrected chi connectivity index (χ4v) is 2.14. The van der Waals surface area contributed by atoms with Gasteiger partial charge in [-0.15, -0.1) is 0 Å². The highest BCUT2D eigenvalue weighted by Gasteiger charge is 2.12. The van der Waals surface area contributed by atoms with Crippen LogP contribution in [0.1, 0.15) is 28.9 Å². The number of nitrogens with one attached hydrogen (secondary N) is 1. The molecule has 20 heavy (non-hydrogen) atoms. The van der Waals surface area contributed by atoms with Crippen molar-refractivity contribution in [2.45, 2.75) is 13.0 Å². The van der Waals surface area contributed by atoms with E-state index in [9.17, 15) is 9.90 Å². The Kier molecular flexibility index (Phi) is 4.15. The number of nitrogens with two attached hydrogens (primary N) is 1. The molecule has 1 unspecified atom stereocenters. The maximum atomic E-state index is 12.1. The zero-order valence-corrected chi connectivity index (χ0v) is 11.7. The first-order chi connectivity index (χ1) is 9.45. The standard InChI is InChI=1S/C15H15ClN2O2/c1-9(10-3-2-4-14(19)7-10)18-15(20)11-5-12(16)8-13(17)6-11/h2-9,19H,17H2,1H3,(H,18,20). The summed E-state index contributed by atoms with van der Waals surface area (Å²) in [6.07, 6.45) is 0. The number of aromatic hydroxyl groups is 1. The summed E-state index contributed by atoms with van der Waals surface area (Å²) in [5, 5.41) is 12.7. The molecule has 0 bridgehead atoms. The first-order valence-electron chi connectivity index (χ1n) is 6.11. The quantitative estimate of drug-likeness (QED) is 0.760. The lowest BCUT2D eigenvalue weighted by molar-refractivity contribution is 0.0940. The number of amides is 1. The zero-order valence-electron chi connectivity index (χ0n) is 10.9. The lowest BCUT2D eigenvalue weighted by Gasteiger charge is -2.15. The molecule has 4 N–H and O–H groups in total. The number of phenols is 1. The normalized spacial score (nSPS) is 11.9. The molecule has 0 saturated heterocycles. The third-order valence-corrected chi connectivity index (χ3v) is 3.12. The molecule has 0 aliphatic carbocycles. The van der Waals surface area contributed by atoms with Crippen LogP contribution >= 0.6 is 11.6 Å². The Balaban J connectivity index is 2.15. The molecule has 0 heterocycles. The Bertz CT molecular complexity index is 623. The summed E-state index contributed by atoms with van der Waals surface area (Å²) in [5.74, 6) is -0.106. The van der Waals surface area contributed by atoms with Crippen molar-refractivity contribution in [1.82, 2.24) is 5.32 Å². The number of nitrogen functional groups attached to an aromatic ring is 1. The van der Waals surface area contributed by atoms with Gasteiger partial charge in [0.05, 0.1) is 6.04 Å². The number of rotatable bonds is 3. The number of halogens is 1. The molecule has 2 aromatic rings. The molecular formula is C15H15ClN2O2. The molecule has 0 saturated carbocycles. The van der Waals surface area contributed by atoms with Gasteiger partial charge in [-0.05, 0) is 42.8 Å². The van der Waals surface area contributed by atoms with Crippen LogP contribution in [0.5, 0.6) is 5.75 Å². The molecule has 0 aromatic heterocycles. The number of hydrogen-bond donors (Lipinski definition) is 3. The maximum absolute atomic E-state index is 12.1. The van der Waals surface area contributed by atoms with Gasteiger partial charge in [0, 0.05) is 16.3 Å². The van der Waals surface area contributed by atoms with Crippen molar-refractivity contribution in [3.05, 3.63) is 58.6 Å². The topological polar surface area (TPSA) is 75.4 Å². The number of carbonyl (C=O) groups is 1. The first-order valence-corrected chi connectivity index (χ1v) is 6.49. The van der Waals surface area contributed by atoms with E-state index >= 15 is 0 Å². The van der Waals surface area contributed by atoms with Gasteiger partial charge in [0.1, 0.15) is 5.75 Å². The third kappa shape index (κ3) is 3.42. The Morgan fingerprint density at radius 3 is 2.70 bits per heavy atom. The monoisotopic (exact) mass is 290 g/mol. The van der Waals surface area contributed by atoms with Crippen LogP contribution in [0.4, 0.5) is 5.69 Å². The second-order valence-electron chi connectivity index (χ2n) is 4.56. The van der Waals surface area contributed by atoms with Crippen LogP contribution in [0.15, 0.2) is 42.5 Å².